The standard InChI is InChI=1S/C15H18ClF3N2O/c16-10-14(22)20-12-9-11(15(17,18)19)5-6-13(12)21-7-3-1-2-4-8-21/h5-6,9H,1-4,7-8,10H2,(H,20,22). The average molecular weight is 335 g/mol. The number of carbonyl (C=O) groups excluding carboxylic acids is 1. The molecule has 1 aliphatic rings. The molecule has 0 unspecified atom stereocenters. The minimum absolute atomic E-state index is 0.169. The lowest BCUT2D eigenvalue weighted by atomic mass is 10.1. The Morgan fingerprint density at radius 1 is 1.18 bits per heavy atom. The highest BCUT2D eigenvalue weighted by Gasteiger charge is 2.31. The fourth-order valence-electron chi connectivity index (χ4n) is 2.58. The van der Waals surface area contributed by atoms with E-state index >= 15 is 0 Å². The third kappa shape index (κ3) is 4.29. The molecular formula is C15H18ClF3N2O. The molecule has 2 rings (SSSR count). The molecule has 1 aromatic rings. The number of alkyl halides is 4. The summed E-state index contributed by atoms with van der Waals surface area (Å²) in [4.78, 5) is 13.5. The maximum Gasteiger partial charge on any atom is 0.416 e. The van der Waals surface area contributed by atoms with Gasteiger partial charge < -0.3 is 10.2 Å². The number of nitrogens with one attached hydrogen (secondary N) is 1. The number of anilines is 2. The van der Waals surface area contributed by atoms with Crippen molar-refractivity contribution in [1.82, 2.24) is 0 Å². The van der Waals surface area contributed by atoms with Gasteiger partial charge in [0.1, 0.15) is 5.88 Å². The van der Waals surface area contributed by atoms with Crippen LogP contribution < -0.4 is 10.2 Å². The first-order valence-electron chi connectivity index (χ1n) is 7.24. The quantitative estimate of drug-likeness (QED) is 0.837. The van der Waals surface area contributed by atoms with Crippen molar-refractivity contribution in [3.8, 4) is 0 Å². The van der Waals surface area contributed by atoms with E-state index in [9.17, 15) is 18.0 Å². The van der Waals surface area contributed by atoms with Crippen LogP contribution in [0, 0.1) is 0 Å². The fourth-order valence-corrected chi connectivity index (χ4v) is 2.65. The molecule has 1 aliphatic heterocycles. The zero-order valence-corrected chi connectivity index (χ0v) is 12.8. The largest absolute Gasteiger partial charge is 0.416 e. The minimum Gasteiger partial charge on any atom is -0.370 e. The Hall–Kier alpha value is -1.43. The van der Waals surface area contributed by atoms with Crippen LogP contribution in [0.2, 0.25) is 0 Å². The normalized spacial score (nSPS) is 16.3. The number of carbonyl (C=O) groups is 1. The number of hydrogen-bond donors (Lipinski definition) is 1. The second-order valence-electron chi connectivity index (χ2n) is 5.31. The Morgan fingerprint density at radius 3 is 2.36 bits per heavy atom. The van der Waals surface area contributed by atoms with Crippen LogP contribution in [0.15, 0.2) is 18.2 Å². The van der Waals surface area contributed by atoms with E-state index in [1.54, 1.807) is 0 Å². The van der Waals surface area contributed by atoms with Gasteiger partial charge >= 0.3 is 6.18 Å². The summed E-state index contributed by atoms with van der Waals surface area (Å²) in [6.07, 6.45) is -0.243. The van der Waals surface area contributed by atoms with E-state index in [4.69, 9.17) is 11.6 Å². The predicted molar refractivity (Wildman–Crippen MR) is 81.5 cm³/mol. The van der Waals surface area contributed by atoms with E-state index in [2.05, 4.69) is 5.32 Å². The summed E-state index contributed by atoms with van der Waals surface area (Å²) < 4.78 is 38.6. The van der Waals surface area contributed by atoms with Crippen LogP contribution in [0.4, 0.5) is 24.5 Å². The monoisotopic (exact) mass is 334 g/mol. The van der Waals surface area contributed by atoms with Crippen LogP contribution in [-0.2, 0) is 11.0 Å². The molecule has 1 heterocycles. The highest BCUT2D eigenvalue weighted by molar-refractivity contribution is 6.29. The number of amides is 1. The van der Waals surface area contributed by atoms with Crippen molar-refractivity contribution < 1.29 is 18.0 Å². The molecular weight excluding hydrogens is 317 g/mol. The molecule has 122 valence electrons. The van der Waals surface area contributed by atoms with Gasteiger partial charge in [0.05, 0.1) is 16.9 Å². The van der Waals surface area contributed by atoms with Gasteiger partial charge in [-0.15, -0.1) is 11.6 Å². The van der Waals surface area contributed by atoms with Gasteiger partial charge in [0.25, 0.3) is 0 Å². The summed E-state index contributed by atoms with van der Waals surface area (Å²) in [6.45, 7) is 1.55. The van der Waals surface area contributed by atoms with Crippen molar-refractivity contribution in [3.63, 3.8) is 0 Å². The number of nitrogens with zero attached hydrogens (tertiary/aromatic N) is 1. The SMILES string of the molecule is O=C(CCl)Nc1cc(C(F)(F)F)ccc1N1CCCCCC1. The minimum atomic E-state index is -4.45. The first kappa shape index (κ1) is 16.9. The molecule has 1 amide bonds. The molecule has 0 aromatic heterocycles. The molecule has 0 atom stereocenters. The van der Waals surface area contributed by atoms with Gasteiger partial charge in [-0.25, -0.2) is 0 Å². The van der Waals surface area contributed by atoms with E-state index in [-0.39, 0.29) is 11.6 Å². The molecule has 1 saturated heterocycles. The van der Waals surface area contributed by atoms with Crippen LogP contribution in [0.1, 0.15) is 31.2 Å². The Morgan fingerprint density at radius 2 is 1.82 bits per heavy atom. The lowest BCUT2D eigenvalue weighted by molar-refractivity contribution is -0.137. The van der Waals surface area contributed by atoms with E-state index in [0.29, 0.717) is 5.69 Å². The smallest absolute Gasteiger partial charge is 0.370 e. The predicted octanol–water partition coefficient (Wildman–Crippen LogP) is 4.26. The Labute approximate surface area is 132 Å². The van der Waals surface area contributed by atoms with Crippen LogP contribution in [-0.4, -0.2) is 24.9 Å². The van der Waals surface area contributed by atoms with Gasteiger partial charge in [-0.1, -0.05) is 12.8 Å². The first-order valence-corrected chi connectivity index (χ1v) is 7.77. The van der Waals surface area contributed by atoms with Crippen molar-refractivity contribution in [1.29, 1.82) is 0 Å². The number of halogens is 4. The van der Waals surface area contributed by atoms with Gasteiger partial charge in [0.2, 0.25) is 5.91 Å². The average Bonchev–Trinajstić information content (AvgIpc) is 2.75. The lowest BCUT2D eigenvalue weighted by Gasteiger charge is -2.26. The molecule has 0 saturated carbocycles. The summed E-state index contributed by atoms with van der Waals surface area (Å²) in [5, 5.41) is 2.48. The lowest BCUT2D eigenvalue weighted by Crippen LogP contribution is -2.26. The second-order valence-corrected chi connectivity index (χ2v) is 5.58. The van der Waals surface area contributed by atoms with Crippen molar-refractivity contribution in [3.05, 3.63) is 23.8 Å². The molecule has 0 bridgehead atoms. The molecule has 0 radical (unpaired) electrons. The summed E-state index contributed by atoms with van der Waals surface area (Å²) >= 11 is 5.45. The summed E-state index contributed by atoms with van der Waals surface area (Å²) in [6, 6.07) is 3.46. The van der Waals surface area contributed by atoms with Crippen molar-refractivity contribution in [2.45, 2.75) is 31.9 Å². The molecule has 1 fully saturated rings. The van der Waals surface area contributed by atoms with Crippen LogP contribution in [0.25, 0.3) is 0 Å². The van der Waals surface area contributed by atoms with Crippen molar-refractivity contribution in [2.75, 3.05) is 29.2 Å². The van der Waals surface area contributed by atoms with Gasteiger partial charge in [0.15, 0.2) is 0 Å². The summed E-state index contributed by atoms with van der Waals surface area (Å²) in [7, 11) is 0. The number of rotatable bonds is 3. The Kier molecular flexibility index (Phi) is 5.56. The van der Waals surface area contributed by atoms with Crippen molar-refractivity contribution in [2.24, 2.45) is 0 Å². The maximum atomic E-state index is 12.9. The fraction of sp³-hybridized carbons (Fsp3) is 0.533. The molecule has 0 aliphatic carbocycles. The number of hydrogen-bond acceptors (Lipinski definition) is 2. The maximum absolute atomic E-state index is 12.9. The molecule has 1 N–H and O–H groups in total. The molecule has 22 heavy (non-hydrogen) atoms. The molecule has 0 spiro atoms. The van der Waals surface area contributed by atoms with Crippen LogP contribution in [0.5, 0.6) is 0 Å². The van der Waals surface area contributed by atoms with Crippen LogP contribution >= 0.6 is 11.6 Å². The van der Waals surface area contributed by atoms with Crippen molar-refractivity contribution >= 4 is 28.9 Å². The molecule has 7 heteroatoms. The van der Waals surface area contributed by atoms with Gasteiger partial charge in [-0.05, 0) is 31.0 Å². The van der Waals surface area contributed by atoms with Gasteiger partial charge in [-0.2, -0.15) is 13.2 Å². The third-order valence-corrected chi connectivity index (χ3v) is 3.91. The van der Waals surface area contributed by atoms with Crippen LogP contribution in [0.3, 0.4) is 0 Å². The van der Waals surface area contributed by atoms with E-state index < -0.39 is 17.6 Å². The molecule has 1 aromatic carbocycles. The Bertz CT molecular complexity index is 526. The van der Waals surface area contributed by atoms with Gasteiger partial charge in [-0.3, -0.25) is 4.79 Å². The third-order valence-electron chi connectivity index (χ3n) is 3.67. The zero-order chi connectivity index (χ0) is 16.2. The molecule has 3 nitrogen and oxygen atoms in total. The summed E-state index contributed by atoms with van der Waals surface area (Å²) in [5.41, 5.74) is 0.00619. The highest BCUT2D eigenvalue weighted by Crippen LogP contribution is 2.36. The second kappa shape index (κ2) is 7.22. The van der Waals surface area contributed by atoms with Gasteiger partial charge in [0, 0.05) is 13.1 Å². The van der Waals surface area contributed by atoms with E-state index in [1.807, 2.05) is 4.90 Å². The number of benzene rings is 1. The topological polar surface area (TPSA) is 32.3 Å². The Balaban J connectivity index is 2.35. The van der Waals surface area contributed by atoms with E-state index in [0.717, 1.165) is 50.9 Å². The highest BCUT2D eigenvalue weighted by atomic mass is 35.5. The summed E-state index contributed by atoms with van der Waals surface area (Å²) in [5.74, 6) is -0.813. The first-order chi connectivity index (χ1) is 10.4. The zero-order valence-electron chi connectivity index (χ0n) is 12.0. The van der Waals surface area contributed by atoms with E-state index in [1.165, 1.54) is 6.07 Å².